The molecule has 2 aromatic rings. The van der Waals surface area contributed by atoms with E-state index in [1.54, 1.807) is 6.07 Å². The predicted molar refractivity (Wildman–Crippen MR) is 112 cm³/mol. The van der Waals surface area contributed by atoms with E-state index in [1.165, 1.54) is 0 Å². The van der Waals surface area contributed by atoms with Crippen molar-refractivity contribution in [2.24, 2.45) is 0 Å². The molecule has 148 valence electrons. The maximum atomic E-state index is 12.0. The second-order valence-electron chi connectivity index (χ2n) is 6.52. The van der Waals surface area contributed by atoms with Crippen LogP contribution >= 0.6 is 15.9 Å². The van der Waals surface area contributed by atoms with E-state index in [1.807, 2.05) is 51.1 Å². The Bertz CT molecular complexity index is 896. The molecule has 0 unspecified atom stereocenters. The van der Waals surface area contributed by atoms with Gasteiger partial charge in [0.15, 0.2) is 6.61 Å². The van der Waals surface area contributed by atoms with Gasteiger partial charge in [0.2, 0.25) is 5.91 Å². The van der Waals surface area contributed by atoms with Crippen LogP contribution in [-0.4, -0.2) is 24.4 Å². The Morgan fingerprint density at radius 2 is 1.61 bits per heavy atom. The van der Waals surface area contributed by atoms with Crippen molar-refractivity contribution in [1.29, 1.82) is 0 Å². The van der Waals surface area contributed by atoms with Crippen molar-refractivity contribution in [3.05, 3.63) is 57.6 Å². The van der Waals surface area contributed by atoms with Crippen LogP contribution in [0.5, 0.6) is 0 Å². The fraction of sp³-hybridized carbons (Fsp3) is 0.286. The summed E-state index contributed by atoms with van der Waals surface area (Å²) in [7, 11) is 0. The SMILES string of the molecule is Cc1ccc(NC(=O)CCC(=O)OCC(=O)Nc2ccc(Br)cc2C)cc1C. The number of hydrogen-bond donors (Lipinski definition) is 2. The number of benzene rings is 2. The smallest absolute Gasteiger partial charge is 0.306 e. The van der Waals surface area contributed by atoms with Gasteiger partial charge in [0.1, 0.15) is 0 Å². The first-order valence-corrected chi connectivity index (χ1v) is 9.62. The number of aryl methyl sites for hydroxylation is 3. The summed E-state index contributed by atoms with van der Waals surface area (Å²) in [6, 6.07) is 11.0. The molecule has 2 amide bonds. The molecule has 0 aliphatic heterocycles. The van der Waals surface area contributed by atoms with Crippen molar-refractivity contribution in [3.63, 3.8) is 0 Å². The lowest BCUT2D eigenvalue weighted by atomic mass is 10.1. The van der Waals surface area contributed by atoms with Crippen LogP contribution < -0.4 is 10.6 Å². The molecule has 0 heterocycles. The van der Waals surface area contributed by atoms with E-state index in [0.29, 0.717) is 11.4 Å². The number of amides is 2. The summed E-state index contributed by atoms with van der Waals surface area (Å²) < 4.78 is 5.85. The quantitative estimate of drug-likeness (QED) is 0.621. The monoisotopic (exact) mass is 446 g/mol. The normalized spacial score (nSPS) is 10.3. The Hall–Kier alpha value is -2.67. The second kappa shape index (κ2) is 10.0. The molecule has 0 atom stereocenters. The highest BCUT2D eigenvalue weighted by atomic mass is 79.9. The molecule has 28 heavy (non-hydrogen) atoms. The van der Waals surface area contributed by atoms with Crippen LogP contribution in [0.2, 0.25) is 0 Å². The summed E-state index contributed by atoms with van der Waals surface area (Å²) in [5.41, 5.74) is 4.43. The molecule has 2 N–H and O–H groups in total. The fourth-order valence-corrected chi connectivity index (χ4v) is 2.91. The molecule has 0 aliphatic rings. The number of hydrogen-bond acceptors (Lipinski definition) is 4. The molecule has 0 aromatic heterocycles. The minimum absolute atomic E-state index is 0.0147. The average Bonchev–Trinajstić information content (AvgIpc) is 2.63. The summed E-state index contributed by atoms with van der Waals surface area (Å²) in [5.74, 6) is -1.31. The van der Waals surface area contributed by atoms with Crippen LogP contribution in [0, 0.1) is 20.8 Å². The van der Waals surface area contributed by atoms with Crippen LogP contribution in [0.3, 0.4) is 0 Å². The summed E-state index contributed by atoms with van der Waals surface area (Å²) >= 11 is 3.35. The molecule has 6 nitrogen and oxygen atoms in total. The number of ether oxygens (including phenoxy) is 1. The third-order valence-corrected chi connectivity index (χ3v) is 4.67. The van der Waals surface area contributed by atoms with E-state index in [-0.39, 0.29) is 18.7 Å². The van der Waals surface area contributed by atoms with Gasteiger partial charge in [0.05, 0.1) is 6.42 Å². The number of carbonyl (C=O) groups is 3. The standard InChI is InChI=1S/C21H23BrN2O4/c1-13-4-6-17(11-14(13)2)23-19(25)8-9-21(27)28-12-20(26)24-18-7-5-16(22)10-15(18)3/h4-7,10-11H,8-9,12H2,1-3H3,(H,23,25)(H,24,26). The predicted octanol–water partition coefficient (Wildman–Crippen LogP) is 4.27. The number of nitrogens with one attached hydrogen (secondary N) is 2. The van der Waals surface area contributed by atoms with Gasteiger partial charge in [-0.15, -0.1) is 0 Å². The Morgan fingerprint density at radius 3 is 2.29 bits per heavy atom. The molecular formula is C21H23BrN2O4. The number of esters is 1. The largest absolute Gasteiger partial charge is 0.456 e. The number of rotatable bonds is 7. The van der Waals surface area contributed by atoms with E-state index in [0.717, 1.165) is 21.2 Å². The molecule has 2 aromatic carbocycles. The van der Waals surface area contributed by atoms with Crippen molar-refractivity contribution in [3.8, 4) is 0 Å². The van der Waals surface area contributed by atoms with Crippen molar-refractivity contribution in [2.45, 2.75) is 33.6 Å². The summed E-state index contributed by atoms with van der Waals surface area (Å²) in [4.78, 5) is 35.6. The second-order valence-corrected chi connectivity index (χ2v) is 7.43. The van der Waals surface area contributed by atoms with Crippen LogP contribution in [0.15, 0.2) is 40.9 Å². The minimum atomic E-state index is -0.599. The van der Waals surface area contributed by atoms with E-state index in [4.69, 9.17) is 4.74 Å². The van der Waals surface area contributed by atoms with E-state index in [2.05, 4.69) is 26.6 Å². The van der Waals surface area contributed by atoms with Gasteiger partial charge >= 0.3 is 5.97 Å². The van der Waals surface area contributed by atoms with Gasteiger partial charge in [-0.25, -0.2) is 0 Å². The lowest BCUT2D eigenvalue weighted by Crippen LogP contribution is -2.22. The lowest BCUT2D eigenvalue weighted by molar-refractivity contribution is -0.147. The zero-order chi connectivity index (χ0) is 20.7. The molecule has 7 heteroatoms. The maximum Gasteiger partial charge on any atom is 0.306 e. The van der Waals surface area contributed by atoms with Crippen LogP contribution in [-0.2, 0) is 19.1 Å². The molecule has 0 radical (unpaired) electrons. The first-order valence-electron chi connectivity index (χ1n) is 8.83. The van der Waals surface area contributed by atoms with E-state index < -0.39 is 18.5 Å². The highest BCUT2D eigenvalue weighted by molar-refractivity contribution is 9.10. The van der Waals surface area contributed by atoms with Gasteiger partial charge in [0, 0.05) is 22.3 Å². The molecule has 0 bridgehead atoms. The molecule has 2 rings (SSSR count). The lowest BCUT2D eigenvalue weighted by Gasteiger charge is -2.10. The van der Waals surface area contributed by atoms with Crippen molar-refractivity contribution < 1.29 is 19.1 Å². The highest BCUT2D eigenvalue weighted by Crippen LogP contribution is 2.20. The third kappa shape index (κ3) is 6.81. The van der Waals surface area contributed by atoms with Crippen molar-refractivity contribution in [1.82, 2.24) is 0 Å². The average molecular weight is 447 g/mol. The summed E-state index contributed by atoms with van der Waals surface area (Å²) in [6.07, 6.45) is -0.111. The molecule has 0 aliphatic carbocycles. The van der Waals surface area contributed by atoms with Gasteiger partial charge in [-0.3, -0.25) is 14.4 Å². The van der Waals surface area contributed by atoms with Crippen molar-refractivity contribution in [2.75, 3.05) is 17.2 Å². The van der Waals surface area contributed by atoms with Gasteiger partial charge in [-0.1, -0.05) is 22.0 Å². The van der Waals surface area contributed by atoms with Crippen LogP contribution in [0.25, 0.3) is 0 Å². The molecule has 0 saturated carbocycles. The third-order valence-electron chi connectivity index (χ3n) is 4.17. The van der Waals surface area contributed by atoms with Crippen LogP contribution in [0.4, 0.5) is 11.4 Å². The van der Waals surface area contributed by atoms with Crippen LogP contribution in [0.1, 0.15) is 29.5 Å². The molecule has 0 spiro atoms. The van der Waals surface area contributed by atoms with E-state index >= 15 is 0 Å². The Kier molecular flexibility index (Phi) is 7.75. The minimum Gasteiger partial charge on any atom is -0.456 e. The number of anilines is 2. The maximum absolute atomic E-state index is 12.0. The Morgan fingerprint density at radius 1 is 0.857 bits per heavy atom. The van der Waals surface area contributed by atoms with E-state index in [9.17, 15) is 14.4 Å². The summed E-state index contributed by atoms with van der Waals surface area (Å²) in [5, 5.41) is 5.43. The van der Waals surface area contributed by atoms with Gasteiger partial charge in [-0.2, -0.15) is 0 Å². The molecule has 0 fully saturated rings. The van der Waals surface area contributed by atoms with Crippen molar-refractivity contribution >= 4 is 45.1 Å². The zero-order valence-electron chi connectivity index (χ0n) is 16.1. The topological polar surface area (TPSA) is 84.5 Å². The number of halogens is 1. The van der Waals surface area contributed by atoms with Gasteiger partial charge in [-0.05, 0) is 67.8 Å². The van der Waals surface area contributed by atoms with Gasteiger partial charge in [0.25, 0.3) is 5.91 Å². The molecular weight excluding hydrogens is 424 g/mol. The highest BCUT2D eigenvalue weighted by Gasteiger charge is 2.12. The summed E-state index contributed by atoms with van der Waals surface area (Å²) in [6.45, 7) is 5.42. The van der Waals surface area contributed by atoms with Gasteiger partial charge < -0.3 is 15.4 Å². The first-order chi connectivity index (χ1) is 13.2. The Balaban J connectivity index is 1.72. The number of carbonyl (C=O) groups excluding carboxylic acids is 3. The fourth-order valence-electron chi connectivity index (χ4n) is 2.43. The zero-order valence-corrected chi connectivity index (χ0v) is 17.7. The Labute approximate surface area is 172 Å². The first kappa shape index (κ1) is 21.6. The molecule has 0 saturated heterocycles.